The van der Waals surface area contributed by atoms with Gasteiger partial charge in [0, 0.05) is 6.07 Å². The molecule has 0 aromatic heterocycles. The molecule has 0 bridgehead atoms. The van der Waals surface area contributed by atoms with Gasteiger partial charge in [-0.2, -0.15) is 0 Å². The van der Waals surface area contributed by atoms with Crippen LogP contribution in [0, 0.1) is 0 Å². The van der Waals surface area contributed by atoms with Gasteiger partial charge in [0.25, 0.3) is 0 Å². The van der Waals surface area contributed by atoms with E-state index in [0.717, 1.165) is 5.75 Å². The average Bonchev–Trinajstić information content (AvgIpc) is 2.16. The molecule has 1 aromatic carbocycles. The Morgan fingerprint density at radius 2 is 2.00 bits per heavy atom. The molecule has 0 amide bonds. The van der Waals surface area contributed by atoms with Gasteiger partial charge >= 0.3 is 0 Å². The lowest BCUT2D eigenvalue weighted by atomic mass is 10.3. The van der Waals surface area contributed by atoms with Crippen molar-refractivity contribution in [3.63, 3.8) is 0 Å². The number of hydrogen-bond acceptors (Lipinski definition) is 4. The molecule has 0 fully saturated rings. The predicted molar refractivity (Wildman–Crippen MR) is 47.4 cm³/mol. The minimum atomic E-state index is 0.693. The van der Waals surface area contributed by atoms with Crippen LogP contribution in [0.3, 0.4) is 0 Å². The fraction of sp³-hybridized carbons (Fsp3) is 0.250. The van der Waals surface area contributed by atoms with E-state index in [4.69, 9.17) is 15.3 Å². The fourth-order valence-corrected chi connectivity index (χ4v) is 0.927. The summed E-state index contributed by atoms with van der Waals surface area (Å²) in [4.78, 5) is 0. The summed E-state index contributed by atoms with van der Waals surface area (Å²) < 4.78 is 10.0. The number of nitrogen functional groups attached to an aromatic ring is 1. The van der Waals surface area contributed by atoms with Crippen LogP contribution in [0.2, 0.25) is 0 Å². The molecule has 4 nitrogen and oxygen atoms in total. The van der Waals surface area contributed by atoms with Gasteiger partial charge in [-0.1, -0.05) is 0 Å². The third-order valence-corrected chi connectivity index (χ3v) is 1.56. The summed E-state index contributed by atoms with van der Waals surface area (Å²) in [5.41, 5.74) is 3.22. The molecule has 0 atom stereocenters. The van der Waals surface area contributed by atoms with E-state index in [1.165, 1.54) is 0 Å². The van der Waals surface area contributed by atoms with Crippen LogP contribution in [0.15, 0.2) is 18.2 Å². The number of hydrazine groups is 1. The molecular weight excluding hydrogens is 156 g/mol. The van der Waals surface area contributed by atoms with E-state index in [1.54, 1.807) is 32.4 Å². The Labute approximate surface area is 71.2 Å². The largest absolute Gasteiger partial charge is 0.497 e. The van der Waals surface area contributed by atoms with Crippen molar-refractivity contribution in [3.05, 3.63) is 18.2 Å². The maximum Gasteiger partial charge on any atom is 0.143 e. The topological polar surface area (TPSA) is 56.5 Å². The molecule has 12 heavy (non-hydrogen) atoms. The summed E-state index contributed by atoms with van der Waals surface area (Å²) >= 11 is 0. The summed E-state index contributed by atoms with van der Waals surface area (Å²) in [6.45, 7) is 0. The zero-order valence-electron chi connectivity index (χ0n) is 7.13. The molecule has 0 radical (unpaired) electrons. The number of ether oxygens (including phenoxy) is 2. The van der Waals surface area contributed by atoms with Crippen LogP contribution in [0.25, 0.3) is 0 Å². The molecule has 1 rings (SSSR count). The second-order valence-corrected chi connectivity index (χ2v) is 2.21. The van der Waals surface area contributed by atoms with Crippen molar-refractivity contribution in [1.82, 2.24) is 0 Å². The highest BCUT2D eigenvalue weighted by Gasteiger charge is 2.01. The van der Waals surface area contributed by atoms with Gasteiger partial charge < -0.3 is 14.9 Å². The van der Waals surface area contributed by atoms with Gasteiger partial charge in [0.1, 0.15) is 11.5 Å². The van der Waals surface area contributed by atoms with Crippen LogP contribution in [-0.2, 0) is 0 Å². The Bertz CT molecular complexity index is 263. The molecule has 0 unspecified atom stereocenters. The van der Waals surface area contributed by atoms with Crippen LogP contribution in [-0.4, -0.2) is 14.2 Å². The molecule has 0 spiro atoms. The number of hydrogen-bond donors (Lipinski definition) is 2. The van der Waals surface area contributed by atoms with E-state index in [-0.39, 0.29) is 0 Å². The van der Waals surface area contributed by atoms with Gasteiger partial charge in [-0.05, 0) is 12.1 Å². The Morgan fingerprint density at radius 3 is 2.50 bits per heavy atom. The Balaban J connectivity index is 3.02. The first-order valence-corrected chi connectivity index (χ1v) is 3.50. The number of nitrogens with two attached hydrogens (primary N) is 1. The maximum absolute atomic E-state index is 5.26. The standard InChI is InChI=1S/C8H12N2O2/c1-11-6-3-4-8(12-2)7(5-6)10-9/h3-5,10H,9H2,1-2H3. The second kappa shape index (κ2) is 3.82. The van der Waals surface area contributed by atoms with Crippen molar-refractivity contribution >= 4 is 5.69 Å². The lowest BCUT2D eigenvalue weighted by Gasteiger charge is -2.08. The second-order valence-electron chi connectivity index (χ2n) is 2.21. The lowest BCUT2D eigenvalue weighted by molar-refractivity contribution is 0.404. The van der Waals surface area contributed by atoms with Crippen LogP contribution in [0.1, 0.15) is 0 Å². The molecule has 0 aliphatic carbocycles. The Kier molecular flexibility index (Phi) is 2.76. The van der Waals surface area contributed by atoms with E-state index in [1.807, 2.05) is 0 Å². The summed E-state index contributed by atoms with van der Waals surface area (Å²) in [6.07, 6.45) is 0. The molecule has 0 saturated carbocycles. The van der Waals surface area contributed by atoms with Gasteiger partial charge in [-0.15, -0.1) is 0 Å². The molecule has 3 N–H and O–H groups in total. The molecular formula is C8H12N2O2. The van der Waals surface area contributed by atoms with Gasteiger partial charge in [0.05, 0.1) is 19.9 Å². The highest BCUT2D eigenvalue weighted by molar-refractivity contribution is 5.58. The quantitative estimate of drug-likeness (QED) is 0.522. The van der Waals surface area contributed by atoms with Crippen molar-refractivity contribution in [2.45, 2.75) is 0 Å². The van der Waals surface area contributed by atoms with Gasteiger partial charge in [0.15, 0.2) is 0 Å². The van der Waals surface area contributed by atoms with Crippen LogP contribution in [0.5, 0.6) is 11.5 Å². The first-order chi connectivity index (χ1) is 5.81. The monoisotopic (exact) mass is 168 g/mol. The number of methoxy groups -OCH3 is 2. The molecule has 0 saturated heterocycles. The number of nitrogens with one attached hydrogen (secondary N) is 1. The lowest BCUT2D eigenvalue weighted by Crippen LogP contribution is -2.08. The van der Waals surface area contributed by atoms with Gasteiger partial charge in [0.2, 0.25) is 0 Å². The smallest absolute Gasteiger partial charge is 0.143 e. The van der Waals surface area contributed by atoms with Gasteiger partial charge in [-0.25, -0.2) is 0 Å². The highest BCUT2D eigenvalue weighted by atomic mass is 16.5. The minimum absolute atomic E-state index is 0.693. The number of rotatable bonds is 3. The third kappa shape index (κ3) is 1.60. The number of anilines is 1. The Morgan fingerprint density at radius 1 is 1.25 bits per heavy atom. The predicted octanol–water partition coefficient (Wildman–Crippen LogP) is 0.989. The summed E-state index contributed by atoms with van der Waals surface area (Å²) in [5, 5.41) is 0. The van der Waals surface area contributed by atoms with E-state index >= 15 is 0 Å². The summed E-state index contributed by atoms with van der Waals surface area (Å²) in [6, 6.07) is 5.35. The van der Waals surface area contributed by atoms with Crippen LogP contribution in [0.4, 0.5) is 5.69 Å². The number of benzene rings is 1. The van der Waals surface area contributed by atoms with E-state index in [0.29, 0.717) is 11.4 Å². The first-order valence-electron chi connectivity index (χ1n) is 3.50. The third-order valence-electron chi connectivity index (χ3n) is 1.56. The summed E-state index contributed by atoms with van der Waals surface area (Å²) in [5.74, 6) is 6.70. The highest BCUT2D eigenvalue weighted by Crippen LogP contribution is 2.27. The molecule has 1 aromatic rings. The van der Waals surface area contributed by atoms with E-state index in [2.05, 4.69) is 5.43 Å². The zero-order chi connectivity index (χ0) is 8.97. The molecule has 4 heteroatoms. The Hall–Kier alpha value is -1.42. The van der Waals surface area contributed by atoms with Crippen molar-refractivity contribution < 1.29 is 9.47 Å². The molecule has 66 valence electrons. The van der Waals surface area contributed by atoms with Crippen molar-refractivity contribution in [3.8, 4) is 11.5 Å². The minimum Gasteiger partial charge on any atom is -0.497 e. The van der Waals surface area contributed by atoms with Crippen LogP contribution < -0.4 is 20.7 Å². The SMILES string of the molecule is COc1ccc(OC)c(NN)c1. The molecule has 0 aliphatic rings. The summed E-state index contributed by atoms with van der Waals surface area (Å²) in [7, 11) is 3.19. The van der Waals surface area contributed by atoms with Crippen molar-refractivity contribution in [2.24, 2.45) is 5.84 Å². The average molecular weight is 168 g/mol. The normalized spacial score (nSPS) is 9.25. The van der Waals surface area contributed by atoms with E-state index in [9.17, 15) is 0 Å². The van der Waals surface area contributed by atoms with E-state index < -0.39 is 0 Å². The maximum atomic E-state index is 5.26. The molecule has 0 aliphatic heterocycles. The van der Waals surface area contributed by atoms with Gasteiger partial charge in [-0.3, -0.25) is 5.84 Å². The van der Waals surface area contributed by atoms with Crippen molar-refractivity contribution in [1.29, 1.82) is 0 Å². The molecule has 0 heterocycles. The first kappa shape index (κ1) is 8.67. The van der Waals surface area contributed by atoms with Crippen molar-refractivity contribution in [2.75, 3.05) is 19.6 Å². The van der Waals surface area contributed by atoms with Crippen LogP contribution >= 0.6 is 0 Å². The fourth-order valence-electron chi connectivity index (χ4n) is 0.927. The zero-order valence-corrected chi connectivity index (χ0v) is 7.13.